The van der Waals surface area contributed by atoms with E-state index >= 15 is 0 Å². The average Bonchev–Trinajstić information content (AvgIpc) is 0. The van der Waals surface area contributed by atoms with E-state index < -0.39 is 0 Å². The quantitative estimate of drug-likeness (QED) is 0.575. The Bertz CT molecular complexity index is 6.85. The maximum Gasteiger partial charge on any atom is 3.00 e. The summed E-state index contributed by atoms with van der Waals surface area (Å²) in [6.45, 7) is 0. The van der Waals surface area contributed by atoms with E-state index in [0.29, 0.717) is 0 Å². The minimum absolute atomic E-state index is 0. The standard InChI is InChI=1S/Gd.La.3O/q2*+3;3*-2. The summed E-state index contributed by atoms with van der Waals surface area (Å²) in [5, 5.41) is 0. The molecule has 0 aliphatic carbocycles. The molecular weight excluding hydrogens is 344 g/mol. The SMILES string of the molecule is [Gd+3].[La+3].[O-2].[O-2].[O-2]. The third-order valence-electron chi connectivity index (χ3n) is 0. The van der Waals surface area contributed by atoms with Crippen LogP contribution in [0.4, 0.5) is 0 Å². The van der Waals surface area contributed by atoms with Crippen molar-refractivity contribution in [2.75, 3.05) is 0 Å². The number of hydrogen-bond acceptors (Lipinski definition) is 0. The van der Waals surface area contributed by atoms with Crippen LogP contribution in [0, 0.1) is 75.5 Å². The third kappa shape index (κ3) is 21.5. The molecule has 0 heterocycles. The number of hydrogen-bond donors (Lipinski definition) is 0. The smallest absolute Gasteiger partial charge is 2.00 e. The first-order valence-corrected chi connectivity index (χ1v) is 0. The second kappa shape index (κ2) is 32.4. The van der Waals surface area contributed by atoms with Crippen molar-refractivity contribution in [2.45, 2.75) is 0 Å². The molecule has 0 saturated heterocycles. The summed E-state index contributed by atoms with van der Waals surface area (Å²) >= 11 is 0. The van der Waals surface area contributed by atoms with Crippen LogP contribution in [-0.2, 0) is 16.4 Å². The van der Waals surface area contributed by atoms with Gasteiger partial charge in [0.2, 0.25) is 0 Å². The van der Waals surface area contributed by atoms with Crippen molar-refractivity contribution in [3.8, 4) is 0 Å². The van der Waals surface area contributed by atoms with Gasteiger partial charge in [0.15, 0.2) is 0 Å². The predicted octanol–water partition coefficient (Wildman–Crippen LogP) is -0.356. The van der Waals surface area contributed by atoms with Crippen LogP contribution >= 0.6 is 0 Å². The third-order valence-corrected chi connectivity index (χ3v) is 0. The van der Waals surface area contributed by atoms with Gasteiger partial charge in [0.1, 0.15) is 0 Å². The summed E-state index contributed by atoms with van der Waals surface area (Å²) in [6, 6.07) is 0. The van der Waals surface area contributed by atoms with E-state index in [1.165, 1.54) is 0 Å². The zero-order chi connectivity index (χ0) is 0. The molecule has 5 heteroatoms. The van der Waals surface area contributed by atoms with Gasteiger partial charge in [-0.15, -0.1) is 0 Å². The summed E-state index contributed by atoms with van der Waals surface area (Å²) in [5.74, 6) is 0. The predicted molar refractivity (Wildman–Crippen MR) is 2.06 cm³/mol. The average molecular weight is 344 g/mol. The molecule has 0 aliphatic rings. The van der Waals surface area contributed by atoms with E-state index in [1.807, 2.05) is 0 Å². The number of rotatable bonds is 0. The Labute approximate surface area is 90.1 Å². The fourth-order valence-corrected chi connectivity index (χ4v) is 0. The second-order valence-corrected chi connectivity index (χ2v) is 0. The molecule has 0 atom stereocenters. The Kier molecular flexibility index (Phi) is 341. The molecule has 0 bridgehead atoms. The first-order valence-electron chi connectivity index (χ1n) is 0. The van der Waals surface area contributed by atoms with E-state index in [4.69, 9.17) is 0 Å². The Morgan fingerprint density at radius 3 is 0.600 bits per heavy atom. The van der Waals surface area contributed by atoms with Crippen molar-refractivity contribution in [1.82, 2.24) is 0 Å². The van der Waals surface area contributed by atoms with Crippen molar-refractivity contribution in [1.29, 1.82) is 0 Å². The second-order valence-electron chi connectivity index (χ2n) is 0. The van der Waals surface area contributed by atoms with Gasteiger partial charge >= 0.3 is 75.5 Å². The first-order chi connectivity index (χ1) is 0. The Balaban J connectivity index is 0. The van der Waals surface area contributed by atoms with Crippen molar-refractivity contribution < 1.29 is 92.0 Å². The Morgan fingerprint density at radius 1 is 0.600 bits per heavy atom. The molecule has 0 rings (SSSR count). The van der Waals surface area contributed by atoms with Crippen molar-refractivity contribution in [2.24, 2.45) is 0 Å². The molecule has 0 saturated carbocycles. The van der Waals surface area contributed by atoms with Crippen LogP contribution in [0.1, 0.15) is 0 Å². The van der Waals surface area contributed by atoms with Gasteiger partial charge in [-0.1, -0.05) is 0 Å². The van der Waals surface area contributed by atoms with E-state index in [2.05, 4.69) is 0 Å². The fraction of sp³-hybridized carbons (Fsp3) is 0. The topological polar surface area (TPSA) is 85.5 Å². The van der Waals surface area contributed by atoms with Gasteiger partial charge < -0.3 is 16.4 Å². The van der Waals surface area contributed by atoms with Crippen LogP contribution in [0.25, 0.3) is 0 Å². The fourth-order valence-electron chi connectivity index (χ4n) is 0. The van der Waals surface area contributed by atoms with Crippen LogP contribution in [0.5, 0.6) is 0 Å². The largest absolute Gasteiger partial charge is 3.00 e. The van der Waals surface area contributed by atoms with Crippen LogP contribution < -0.4 is 0 Å². The zero-order valence-corrected chi connectivity index (χ0v) is 8.05. The Hall–Kier alpha value is 2.40. The van der Waals surface area contributed by atoms with Crippen molar-refractivity contribution in [3.63, 3.8) is 0 Å². The summed E-state index contributed by atoms with van der Waals surface area (Å²) in [5.41, 5.74) is 0. The van der Waals surface area contributed by atoms with Gasteiger partial charge in [-0.3, -0.25) is 0 Å². The zero-order valence-electron chi connectivity index (χ0n) is 2.16. The van der Waals surface area contributed by atoms with E-state index in [-0.39, 0.29) is 92.0 Å². The van der Waals surface area contributed by atoms with Gasteiger partial charge in [-0.05, 0) is 0 Å². The molecule has 29 valence electrons. The van der Waals surface area contributed by atoms with Crippen molar-refractivity contribution >= 4 is 0 Å². The molecule has 5 heavy (non-hydrogen) atoms. The molecule has 0 unspecified atom stereocenters. The van der Waals surface area contributed by atoms with Gasteiger partial charge in [0.25, 0.3) is 0 Å². The Morgan fingerprint density at radius 2 is 0.600 bits per heavy atom. The molecule has 0 spiro atoms. The van der Waals surface area contributed by atoms with Crippen LogP contribution in [0.15, 0.2) is 0 Å². The minimum atomic E-state index is 0. The molecule has 1 radical (unpaired) electrons. The molecule has 0 aliphatic heterocycles. The van der Waals surface area contributed by atoms with Gasteiger partial charge in [-0.25, -0.2) is 0 Å². The summed E-state index contributed by atoms with van der Waals surface area (Å²) in [6.07, 6.45) is 0. The van der Waals surface area contributed by atoms with Crippen LogP contribution in [0.3, 0.4) is 0 Å². The van der Waals surface area contributed by atoms with E-state index in [0.717, 1.165) is 0 Å². The molecule has 0 aromatic carbocycles. The molecule has 0 aromatic heterocycles. The minimum Gasteiger partial charge on any atom is -2.00 e. The normalized spacial score (nSPS) is 0. The van der Waals surface area contributed by atoms with Gasteiger partial charge in [0.05, 0.1) is 0 Å². The molecule has 0 amide bonds. The first kappa shape index (κ1) is 52.6. The molecule has 0 aromatic rings. The van der Waals surface area contributed by atoms with Crippen molar-refractivity contribution in [3.05, 3.63) is 0 Å². The summed E-state index contributed by atoms with van der Waals surface area (Å²) in [7, 11) is 0. The van der Waals surface area contributed by atoms with Crippen LogP contribution in [-0.4, -0.2) is 0 Å². The van der Waals surface area contributed by atoms with E-state index in [9.17, 15) is 0 Å². The van der Waals surface area contributed by atoms with Gasteiger partial charge in [0, 0.05) is 0 Å². The van der Waals surface area contributed by atoms with Gasteiger partial charge in [-0.2, -0.15) is 0 Å². The molecule has 0 fully saturated rings. The molecule has 0 N–H and O–H groups in total. The summed E-state index contributed by atoms with van der Waals surface area (Å²) < 4.78 is 0. The molecular formula is GdLaO3. The maximum atomic E-state index is 0. The van der Waals surface area contributed by atoms with Crippen LogP contribution in [0.2, 0.25) is 0 Å². The molecule has 3 nitrogen and oxygen atoms in total. The monoisotopic (exact) mass is 345 g/mol. The van der Waals surface area contributed by atoms with E-state index in [1.54, 1.807) is 0 Å². The summed E-state index contributed by atoms with van der Waals surface area (Å²) in [4.78, 5) is 0. The maximum absolute atomic E-state index is 0.